The Balaban J connectivity index is 1.83. The Bertz CT molecular complexity index is 444. The fourth-order valence-electron chi connectivity index (χ4n) is 2.48. The average molecular weight is 296 g/mol. The molecule has 1 N–H and O–H groups in total. The molecule has 0 saturated carbocycles. The number of rotatable bonds is 5. The topological polar surface area (TPSA) is 35.6 Å². The number of nitrogens with one attached hydrogen (secondary N) is 1. The van der Waals surface area contributed by atoms with Gasteiger partial charge in [0.2, 0.25) is 5.91 Å². The summed E-state index contributed by atoms with van der Waals surface area (Å²) in [5, 5.41) is 3.85. The van der Waals surface area contributed by atoms with Gasteiger partial charge in [-0.15, -0.1) is 0 Å². The van der Waals surface area contributed by atoms with Gasteiger partial charge in [0.1, 0.15) is 0 Å². The molecule has 4 nitrogen and oxygen atoms in total. The standard InChI is InChI=1S/C15H22ClN3O/c1-17-8-4-7-15(20)19-11-9-18(10-12-19)14-6-3-2-5-13(14)16/h2-3,5-6,17H,4,7-12H2,1H3. The van der Waals surface area contributed by atoms with Crippen LogP contribution in [0, 0.1) is 0 Å². The molecule has 1 aromatic carbocycles. The molecule has 0 aliphatic carbocycles. The Kier molecular flexibility index (Phi) is 5.68. The molecule has 1 heterocycles. The number of benzene rings is 1. The number of piperazine rings is 1. The van der Waals surface area contributed by atoms with Gasteiger partial charge in [-0.25, -0.2) is 0 Å². The van der Waals surface area contributed by atoms with E-state index in [0.717, 1.165) is 49.9 Å². The molecule has 5 heteroatoms. The molecule has 0 spiro atoms. The van der Waals surface area contributed by atoms with Crippen molar-refractivity contribution in [3.63, 3.8) is 0 Å². The average Bonchev–Trinajstić information content (AvgIpc) is 2.48. The lowest BCUT2D eigenvalue weighted by Crippen LogP contribution is -2.48. The van der Waals surface area contributed by atoms with Crippen LogP contribution in [0.5, 0.6) is 0 Å². The van der Waals surface area contributed by atoms with Gasteiger partial charge in [-0.1, -0.05) is 23.7 Å². The summed E-state index contributed by atoms with van der Waals surface area (Å²) in [5.74, 6) is 0.263. The Morgan fingerprint density at radius 3 is 2.60 bits per heavy atom. The predicted molar refractivity (Wildman–Crippen MR) is 83.4 cm³/mol. The number of amides is 1. The van der Waals surface area contributed by atoms with Crippen molar-refractivity contribution in [3.8, 4) is 0 Å². The van der Waals surface area contributed by atoms with Crippen molar-refractivity contribution in [1.82, 2.24) is 10.2 Å². The molecule has 1 aromatic rings. The van der Waals surface area contributed by atoms with E-state index in [0.29, 0.717) is 6.42 Å². The molecule has 1 saturated heterocycles. The van der Waals surface area contributed by atoms with Gasteiger partial charge in [-0.2, -0.15) is 0 Å². The highest BCUT2D eigenvalue weighted by Crippen LogP contribution is 2.26. The smallest absolute Gasteiger partial charge is 0.222 e. The quantitative estimate of drug-likeness (QED) is 0.844. The van der Waals surface area contributed by atoms with Crippen LogP contribution in [0.2, 0.25) is 5.02 Å². The van der Waals surface area contributed by atoms with E-state index in [1.807, 2.05) is 36.2 Å². The van der Waals surface area contributed by atoms with Crippen LogP contribution in [0.4, 0.5) is 5.69 Å². The van der Waals surface area contributed by atoms with Crippen LogP contribution in [0.25, 0.3) is 0 Å². The van der Waals surface area contributed by atoms with Gasteiger partial charge in [0.15, 0.2) is 0 Å². The Labute approximate surface area is 125 Å². The summed E-state index contributed by atoms with van der Waals surface area (Å²) < 4.78 is 0. The maximum absolute atomic E-state index is 12.0. The van der Waals surface area contributed by atoms with E-state index in [1.54, 1.807) is 0 Å². The second kappa shape index (κ2) is 7.50. The SMILES string of the molecule is CNCCCC(=O)N1CCN(c2ccccc2Cl)CC1. The van der Waals surface area contributed by atoms with Crippen LogP contribution in [-0.4, -0.2) is 50.6 Å². The lowest BCUT2D eigenvalue weighted by atomic mass is 10.2. The minimum absolute atomic E-state index is 0.263. The molecule has 1 aliphatic heterocycles. The first-order valence-electron chi connectivity index (χ1n) is 7.14. The zero-order chi connectivity index (χ0) is 14.4. The summed E-state index contributed by atoms with van der Waals surface area (Å²) >= 11 is 6.21. The van der Waals surface area contributed by atoms with E-state index in [9.17, 15) is 4.79 Å². The molecule has 0 atom stereocenters. The van der Waals surface area contributed by atoms with Gasteiger partial charge < -0.3 is 15.1 Å². The molecule has 0 bridgehead atoms. The molecule has 1 amide bonds. The largest absolute Gasteiger partial charge is 0.367 e. The Morgan fingerprint density at radius 1 is 1.25 bits per heavy atom. The van der Waals surface area contributed by atoms with Crippen molar-refractivity contribution in [2.75, 3.05) is 44.7 Å². The van der Waals surface area contributed by atoms with E-state index < -0.39 is 0 Å². The Hall–Kier alpha value is -1.26. The lowest BCUT2D eigenvalue weighted by molar-refractivity contribution is -0.131. The molecule has 20 heavy (non-hydrogen) atoms. The van der Waals surface area contributed by atoms with E-state index in [-0.39, 0.29) is 5.91 Å². The van der Waals surface area contributed by atoms with Crippen LogP contribution in [-0.2, 0) is 4.79 Å². The first-order chi connectivity index (χ1) is 9.72. The Morgan fingerprint density at radius 2 is 1.95 bits per heavy atom. The molecule has 110 valence electrons. The summed E-state index contributed by atoms with van der Waals surface area (Å²) in [6.07, 6.45) is 1.53. The van der Waals surface area contributed by atoms with Gasteiger partial charge in [-0.3, -0.25) is 4.79 Å². The van der Waals surface area contributed by atoms with Crippen molar-refractivity contribution in [1.29, 1.82) is 0 Å². The second-order valence-corrected chi connectivity index (χ2v) is 5.43. The maximum Gasteiger partial charge on any atom is 0.222 e. The highest BCUT2D eigenvalue weighted by atomic mass is 35.5. The number of halogens is 1. The fraction of sp³-hybridized carbons (Fsp3) is 0.533. The van der Waals surface area contributed by atoms with Gasteiger partial charge in [0.05, 0.1) is 10.7 Å². The molecule has 0 radical (unpaired) electrons. The van der Waals surface area contributed by atoms with Crippen molar-refractivity contribution >= 4 is 23.2 Å². The van der Waals surface area contributed by atoms with Crippen LogP contribution < -0.4 is 10.2 Å². The summed E-state index contributed by atoms with van der Waals surface area (Å²) in [7, 11) is 1.91. The van der Waals surface area contributed by atoms with E-state index in [4.69, 9.17) is 11.6 Å². The van der Waals surface area contributed by atoms with Crippen molar-refractivity contribution in [2.24, 2.45) is 0 Å². The lowest BCUT2D eigenvalue weighted by Gasteiger charge is -2.36. The number of para-hydroxylation sites is 1. The van der Waals surface area contributed by atoms with Crippen molar-refractivity contribution in [2.45, 2.75) is 12.8 Å². The first-order valence-corrected chi connectivity index (χ1v) is 7.52. The zero-order valence-electron chi connectivity index (χ0n) is 11.9. The number of hydrogen-bond acceptors (Lipinski definition) is 3. The second-order valence-electron chi connectivity index (χ2n) is 5.03. The van der Waals surface area contributed by atoms with Crippen LogP contribution in [0.3, 0.4) is 0 Å². The van der Waals surface area contributed by atoms with E-state index >= 15 is 0 Å². The number of carbonyl (C=O) groups excluding carboxylic acids is 1. The third kappa shape index (κ3) is 3.87. The number of hydrogen-bond donors (Lipinski definition) is 1. The fourth-order valence-corrected chi connectivity index (χ4v) is 2.73. The van der Waals surface area contributed by atoms with Crippen molar-refractivity contribution < 1.29 is 4.79 Å². The van der Waals surface area contributed by atoms with Crippen molar-refractivity contribution in [3.05, 3.63) is 29.3 Å². The summed E-state index contributed by atoms with van der Waals surface area (Å²) in [4.78, 5) is 16.2. The molecular formula is C15H22ClN3O. The summed E-state index contributed by atoms with van der Waals surface area (Å²) in [6.45, 7) is 4.15. The highest BCUT2D eigenvalue weighted by molar-refractivity contribution is 6.33. The van der Waals surface area contributed by atoms with Gasteiger partial charge >= 0.3 is 0 Å². The number of anilines is 1. The summed E-state index contributed by atoms with van der Waals surface area (Å²) in [6, 6.07) is 7.88. The summed E-state index contributed by atoms with van der Waals surface area (Å²) in [5.41, 5.74) is 1.07. The number of nitrogens with zero attached hydrogens (tertiary/aromatic N) is 2. The zero-order valence-corrected chi connectivity index (χ0v) is 12.7. The molecular weight excluding hydrogens is 274 g/mol. The van der Waals surface area contributed by atoms with E-state index in [2.05, 4.69) is 10.2 Å². The maximum atomic E-state index is 12.0. The molecule has 0 aromatic heterocycles. The first kappa shape index (κ1) is 15.1. The minimum atomic E-state index is 0.263. The molecule has 1 aliphatic rings. The minimum Gasteiger partial charge on any atom is -0.367 e. The third-order valence-electron chi connectivity index (χ3n) is 3.64. The monoisotopic (exact) mass is 295 g/mol. The van der Waals surface area contributed by atoms with Gasteiger partial charge in [0.25, 0.3) is 0 Å². The highest BCUT2D eigenvalue weighted by Gasteiger charge is 2.21. The number of carbonyl (C=O) groups is 1. The van der Waals surface area contributed by atoms with E-state index in [1.165, 1.54) is 0 Å². The molecule has 1 fully saturated rings. The van der Waals surface area contributed by atoms with Crippen LogP contribution >= 0.6 is 11.6 Å². The third-order valence-corrected chi connectivity index (χ3v) is 3.96. The van der Waals surface area contributed by atoms with Crippen LogP contribution in [0.1, 0.15) is 12.8 Å². The molecule has 2 rings (SSSR count). The van der Waals surface area contributed by atoms with Gasteiger partial charge in [0, 0.05) is 32.6 Å². The normalized spacial score (nSPS) is 15.5. The molecule has 0 unspecified atom stereocenters. The van der Waals surface area contributed by atoms with Gasteiger partial charge in [-0.05, 0) is 32.1 Å². The predicted octanol–water partition coefficient (Wildman–Crippen LogP) is 1.99. The van der Waals surface area contributed by atoms with Crippen LogP contribution in [0.15, 0.2) is 24.3 Å².